The molecule has 0 unspecified atom stereocenters. The molecule has 0 bridgehead atoms. The highest BCUT2D eigenvalue weighted by Crippen LogP contribution is 2.29. The van der Waals surface area contributed by atoms with Crippen LogP contribution in [0.15, 0.2) is 78.9 Å². The quantitative estimate of drug-likeness (QED) is 0.240. The van der Waals surface area contributed by atoms with E-state index in [2.05, 4.69) is 4.90 Å². The molecule has 3 aromatic carbocycles. The van der Waals surface area contributed by atoms with Crippen LogP contribution in [0.1, 0.15) is 34.3 Å². The van der Waals surface area contributed by atoms with Gasteiger partial charge in [-0.3, -0.25) is 9.69 Å². The smallest absolute Gasteiger partial charge is 0.193 e. The zero-order valence-electron chi connectivity index (χ0n) is 17.5. The molecule has 3 nitrogen and oxygen atoms in total. The van der Waals surface area contributed by atoms with Crippen LogP contribution in [0.3, 0.4) is 0 Å². The number of carbonyl (C=O) groups excluding carboxylic acids is 1. The molecule has 158 valence electrons. The molecule has 0 aromatic heterocycles. The van der Waals surface area contributed by atoms with Gasteiger partial charge < -0.3 is 4.74 Å². The zero-order valence-corrected chi connectivity index (χ0v) is 18.2. The summed E-state index contributed by atoms with van der Waals surface area (Å²) in [7, 11) is 0. The van der Waals surface area contributed by atoms with Crippen LogP contribution in [-0.4, -0.2) is 36.9 Å². The van der Waals surface area contributed by atoms with Crippen molar-refractivity contribution in [3.05, 3.63) is 101 Å². The van der Waals surface area contributed by atoms with Crippen LogP contribution in [-0.2, 0) is 0 Å². The minimum atomic E-state index is -0.0689. The molecule has 4 rings (SSSR count). The van der Waals surface area contributed by atoms with Gasteiger partial charge in [0.1, 0.15) is 12.4 Å². The summed E-state index contributed by atoms with van der Waals surface area (Å²) in [6, 6.07) is 24.9. The van der Waals surface area contributed by atoms with Gasteiger partial charge in [-0.1, -0.05) is 72.3 Å². The molecule has 4 heteroatoms. The molecule has 0 spiro atoms. The number of ether oxygens (including phenoxy) is 1. The summed E-state index contributed by atoms with van der Waals surface area (Å²) in [6.07, 6.45) is 4.45. The molecule has 0 amide bonds. The van der Waals surface area contributed by atoms with Gasteiger partial charge in [-0.2, -0.15) is 0 Å². The maximum absolute atomic E-state index is 13.4. The second kappa shape index (κ2) is 10.4. The van der Waals surface area contributed by atoms with Gasteiger partial charge in [0.15, 0.2) is 5.78 Å². The first-order valence-corrected chi connectivity index (χ1v) is 11.1. The number of benzene rings is 3. The van der Waals surface area contributed by atoms with Crippen molar-refractivity contribution in [2.45, 2.75) is 12.8 Å². The van der Waals surface area contributed by atoms with Gasteiger partial charge in [0, 0.05) is 17.7 Å². The zero-order chi connectivity index (χ0) is 21.5. The standard InChI is InChI=1S/C27H26ClNO2/c28-25-20-23(13-14-26(25)31-18-17-29-15-7-8-16-29)27(30)24(22-11-5-2-6-12-22)19-21-9-3-1-4-10-21/h1-6,9-14,19-20H,7-8,15-18H2/b24-19+. The molecule has 3 aromatic rings. The number of rotatable bonds is 8. The number of ketones is 1. The maximum Gasteiger partial charge on any atom is 0.193 e. The van der Waals surface area contributed by atoms with Gasteiger partial charge in [0.05, 0.1) is 5.02 Å². The SMILES string of the molecule is O=C(/C(=C/c1ccccc1)c1ccccc1)c1ccc(OCCN2CCCC2)c(Cl)c1. The molecule has 1 aliphatic rings. The maximum atomic E-state index is 13.4. The highest BCUT2D eigenvalue weighted by molar-refractivity contribution is 6.35. The molecule has 0 N–H and O–H groups in total. The number of allylic oxidation sites excluding steroid dienone is 1. The molecule has 0 atom stereocenters. The Morgan fingerprint density at radius 3 is 2.26 bits per heavy atom. The van der Waals surface area contributed by atoms with Crippen molar-refractivity contribution in [2.75, 3.05) is 26.2 Å². The van der Waals surface area contributed by atoms with Crippen LogP contribution in [0.25, 0.3) is 11.6 Å². The summed E-state index contributed by atoms with van der Waals surface area (Å²) in [4.78, 5) is 15.8. The van der Waals surface area contributed by atoms with E-state index in [4.69, 9.17) is 16.3 Å². The fourth-order valence-corrected chi connectivity index (χ4v) is 4.05. The predicted octanol–water partition coefficient (Wildman–Crippen LogP) is 6.24. The van der Waals surface area contributed by atoms with Gasteiger partial charge in [0.2, 0.25) is 0 Å². The summed E-state index contributed by atoms with van der Waals surface area (Å²) in [6.45, 7) is 3.77. The lowest BCUT2D eigenvalue weighted by molar-refractivity contribution is 0.105. The van der Waals surface area contributed by atoms with Crippen LogP contribution >= 0.6 is 11.6 Å². The summed E-state index contributed by atoms with van der Waals surface area (Å²) in [5.41, 5.74) is 3.02. The Kier molecular flexibility index (Phi) is 7.18. The monoisotopic (exact) mass is 431 g/mol. The summed E-state index contributed by atoms with van der Waals surface area (Å²) >= 11 is 6.47. The molecule has 0 saturated carbocycles. The summed E-state index contributed by atoms with van der Waals surface area (Å²) < 4.78 is 5.87. The lowest BCUT2D eigenvalue weighted by Gasteiger charge is -2.16. The van der Waals surface area contributed by atoms with Crippen molar-refractivity contribution >= 4 is 29.0 Å². The molecule has 0 radical (unpaired) electrons. The van der Waals surface area contributed by atoms with Crippen molar-refractivity contribution in [1.29, 1.82) is 0 Å². The van der Waals surface area contributed by atoms with E-state index < -0.39 is 0 Å². The Bertz CT molecular complexity index is 1040. The van der Waals surface area contributed by atoms with Gasteiger partial charge >= 0.3 is 0 Å². The van der Waals surface area contributed by atoms with Crippen molar-refractivity contribution < 1.29 is 9.53 Å². The number of nitrogens with zero attached hydrogens (tertiary/aromatic N) is 1. The Morgan fingerprint density at radius 2 is 1.58 bits per heavy atom. The van der Waals surface area contributed by atoms with Crippen molar-refractivity contribution in [3.8, 4) is 5.75 Å². The largest absolute Gasteiger partial charge is 0.491 e. The molecular weight excluding hydrogens is 406 g/mol. The number of Topliss-reactive ketones (excluding diaryl/α,β-unsaturated/α-hetero) is 1. The predicted molar refractivity (Wildman–Crippen MR) is 128 cm³/mol. The Balaban J connectivity index is 1.54. The Hall–Kier alpha value is -2.88. The average Bonchev–Trinajstić information content (AvgIpc) is 3.33. The van der Waals surface area contributed by atoms with E-state index in [0.29, 0.717) is 28.5 Å². The third kappa shape index (κ3) is 5.63. The molecular formula is C27H26ClNO2. The number of hydrogen-bond acceptors (Lipinski definition) is 3. The van der Waals surface area contributed by atoms with Gasteiger partial charge in [-0.15, -0.1) is 0 Å². The lowest BCUT2D eigenvalue weighted by atomic mass is 9.94. The number of likely N-dealkylation sites (tertiary alicyclic amines) is 1. The average molecular weight is 432 g/mol. The van der Waals surface area contributed by atoms with E-state index in [1.807, 2.05) is 66.7 Å². The summed E-state index contributed by atoms with van der Waals surface area (Å²) in [5.74, 6) is 0.547. The highest BCUT2D eigenvalue weighted by Gasteiger charge is 2.17. The third-order valence-corrected chi connectivity index (χ3v) is 5.79. The molecule has 0 aliphatic carbocycles. The first-order chi connectivity index (χ1) is 15.2. The van der Waals surface area contributed by atoms with Crippen LogP contribution in [0.4, 0.5) is 0 Å². The number of carbonyl (C=O) groups is 1. The van der Waals surface area contributed by atoms with E-state index in [1.165, 1.54) is 12.8 Å². The first kappa shape index (κ1) is 21.4. The van der Waals surface area contributed by atoms with Crippen molar-refractivity contribution in [1.82, 2.24) is 4.90 Å². The van der Waals surface area contributed by atoms with E-state index >= 15 is 0 Å². The highest BCUT2D eigenvalue weighted by atomic mass is 35.5. The normalized spacial score (nSPS) is 14.5. The van der Waals surface area contributed by atoms with E-state index in [1.54, 1.807) is 18.2 Å². The lowest BCUT2D eigenvalue weighted by Crippen LogP contribution is -2.25. The fourth-order valence-electron chi connectivity index (χ4n) is 3.82. The fraction of sp³-hybridized carbons (Fsp3) is 0.222. The van der Waals surface area contributed by atoms with Crippen LogP contribution in [0, 0.1) is 0 Å². The van der Waals surface area contributed by atoms with E-state index in [0.717, 1.165) is 30.8 Å². The first-order valence-electron chi connectivity index (χ1n) is 10.7. The number of hydrogen-bond donors (Lipinski definition) is 0. The van der Waals surface area contributed by atoms with Crippen LogP contribution in [0.2, 0.25) is 5.02 Å². The second-order valence-corrected chi connectivity index (χ2v) is 8.11. The number of halogens is 1. The van der Waals surface area contributed by atoms with Gasteiger partial charge in [-0.25, -0.2) is 0 Å². The van der Waals surface area contributed by atoms with Crippen LogP contribution < -0.4 is 4.74 Å². The van der Waals surface area contributed by atoms with Crippen LogP contribution in [0.5, 0.6) is 5.75 Å². The van der Waals surface area contributed by atoms with Gasteiger partial charge in [-0.05, 0) is 61.3 Å². The van der Waals surface area contributed by atoms with E-state index in [9.17, 15) is 4.79 Å². The van der Waals surface area contributed by atoms with Crippen molar-refractivity contribution in [3.63, 3.8) is 0 Å². The molecule has 1 saturated heterocycles. The summed E-state index contributed by atoms with van der Waals surface area (Å²) in [5, 5.41) is 0.458. The molecule has 1 fully saturated rings. The van der Waals surface area contributed by atoms with Gasteiger partial charge in [0.25, 0.3) is 0 Å². The molecule has 1 heterocycles. The minimum Gasteiger partial charge on any atom is -0.491 e. The Labute approximate surface area is 188 Å². The minimum absolute atomic E-state index is 0.0689. The Morgan fingerprint density at radius 1 is 0.903 bits per heavy atom. The molecule has 1 aliphatic heterocycles. The van der Waals surface area contributed by atoms with E-state index in [-0.39, 0.29) is 5.78 Å². The molecule has 31 heavy (non-hydrogen) atoms. The topological polar surface area (TPSA) is 29.5 Å². The third-order valence-electron chi connectivity index (χ3n) is 5.50. The second-order valence-electron chi connectivity index (χ2n) is 7.71. The van der Waals surface area contributed by atoms with Crippen molar-refractivity contribution in [2.24, 2.45) is 0 Å².